The fraction of sp³-hybridized carbons (Fsp3) is 0.125. The molecule has 0 aliphatic carbocycles. The molecule has 2 aromatic carbocycles. The van der Waals surface area contributed by atoms with E-state index < -0.39 is 71.7 Å². The molecule has 2 rings (SSSR count). The van der Waals surface area contributed by atoms with E-state index in [0.29, 0.717) is 0 Å². The Kier molecular flexibility index (Phi) is 8.82. The molecule has 0 saturated carbocycles. The maximum absolute atomic E-state index is 12.8. The van der Waals surface area contributed by atoms with E-state index in [4.69, 9.17) is 0 Å². The van der Waals surface area contributed by atoms with Gasteiger partial charge in [-0.15, -0.1) is 0 Å². The summed E-state index contributed by atoms with van der Waals surface area (Å²) in [6, 6.07) is 13.4. The van der Waals surface area contributed by atoms with Crippen molar-refractivity contribution in [2.75, 3.05) is 0 Å². The summed E-state index contributed by atoms with van der Waals surface area (Å²) >= 11 is -8.02. The molecule has 0 aliphatic heterocycles. The van der Waals surface area contributed by atoms with Gasteiger partial charge in [-0.25, -0.2) is 0 Å². The van der Waals surface area contributed by atoms with Crippen LogP contribution in [0.1, 0.15) is 0 Å². The van der Waals surface area contributed by atoms with Crippen LogP contribution in [0.3, 0.4) is 0 Å². The third kappa shape index (κ3) is 7.18. The summed E-state index contributed by atoms with van der Waals surface area (Å²) in [5.41, 5.74) is -11.5. The van der Waals surface area contributed by atoms with Crippen molar-refractivity contribution in [3.8, 4) is 7.85 Å². The monoisotopic (exact) mass is 730 g/mol. The van der Waals surface area contributed by atoms with E-state index in [0.717, 1.165) is 0 Å². The molecule has 6 nitrogen and oxygen atoms in total. The fourth-order valence-electron chi connectivity index (χ4n) is 1.57. The Bertz CT molecular complexity index is 1100. The number of hydrogen-bond donors (Lipinski definition) is 0. The van der Waals surface area contributed by atoms with Crippen LogP contribution in [0.4, 0.5) is 26.3 Å². The first-order valence-electron chi connectivity index (χ1n) is 7.68. The first kappa shape index (κ1) is 27.1. The number of hydrogen-bond acceptors (Lipinski definition) is 6. The predicted molar refractivity (Wildman–Crippen MR) is 118 cm³/mol. The molecule has 2 aromatic rings. The van der Waals surface area contributed by atoms with Crippen LogP contribution in [0, 0.1) is 15.0 Å². The molecule has 0 bridgehead atoms. The van der Waals surface area contributed by atoms with Gasteiger partial charge in [0.2, 0.25) is 0 Å². The van der Waals surface area contributed by atoms with E-state index in [9.17, 15) is 43.2 Å². The number of halogens is 8. The molecule has 0 fully saturated rings. The Hall–Kier alpha value is -1.14. The molecule has 32 heavy (non-hydrogen) atoms. The van der Waals surface area contributed by atoms with Crippen molar-refractivity contribution in [1.29, 1.82) is 0 Å². The third-order valence-corrected chi connectivity index (χ3v) is 15.9. The Balaban J connectivity index is 2.53. The summed E-state index contributed by atoms with van der Waals surface area (Å²) in [4.78, 5) is 0. The summed E-state index contributed by atoms with van der Waals surface area (Å²) in [6.07, 6.45) is 0. The molecule has 0 unspecified atom stereocenters. The van der Waals surface area contributed by atoms with Gasteiger partial charge in [-0.2, -0.15) is 0 Å². The maximum atomic E-state index is 12.8. The van der Waals surface area contributed by atoms with Gasteiger partial charge in [0.15, 0.2) is 0 Å². The van der Waals surface area contributed by atoms with Crippen LogP contribution in [0.5, 0.6) is 0 Å². The molecular formula is C16H10F6I2O6S2. The van der Waals surface area contributed by atoms with Crippen molar-refractivity contribution in [3.63, 3.8) is 0 Å². The molecule has 0 heterocycles. The summed E-state index contributed by atoms with van der Waals surface area (Å²) in [5, 5.41) is 0. The van der Waals surface area contributed by atoms with Crippen LogP contribution in [0.2, 0.25) is 0 Å². The van der Waals surface area contributed by atoms with Gasteiger partial charge < -0.3 is 0 Å². The number of alkyl halides is 6. The summed E-state index contributed by atoms with van der Waals surface area (Å²) < 4.78 is 135. The quantitative estimate of drug-likeness (QED) is 0.176. The molecule has 0 atom stereocenters. The van der Waals surface area contributed by atoms with Crippen molar-refractivity contribution in [2.45, 2.75) is 11.0 Å². The second-order valence-corrected chi connectivity index (χ2v) is 16.8. The standard InChI is InChI=1S/C16H10F6I2O6S2/c17-15(18,19)31(25,26)29-23(13-7-3-1-4-8-13)11-12-24(14-9-5-2-6-10-14)30-32(27,28)16(20,21)22/h1-10H. The number of rotatable bonds is 6. The van der Waals surface area contributed by atoms with Gasteiger partial charge in [-0.1, -0.05) is 0 Å². The Morgan fingerprint density at radius 3 is 1.12 bits per heavy atom. The van der Waals surface area contributed by atoms with Gasteiger partial charge in [-0.05, 0) is 0 Å². The molecule has 0 N–H and O–H groups in total. The molecule has 0 amide bonds. The molecule has 0 aromatic heterocycles. The van der Waals surface area contributed by atoms with Crippen LogP contribution in [-0.2, 0) is 25.3 Å². The molecule has 16 heteroatoms. The zero-order chi connectivity index (χ0) is 24.2. The normalized spacial score (nSPS) is 13.7. The van der Waals surface area contributed by atoms with Crippen LogP contribution in [0.15, 0.2) is 60.7 Å². The van der Waals surface area contributed by atoms with E-state index >= 15 is 0 Å². The van der Waals surface area contributed by atoms with Crippen molar-refractivity contribution < 1.29 is 48.2 Å². The molecule has 0 radical (unpaired) electrons. The second-order valence-electron chi connectivity index (χ2n) is 5.20. The van der Waals surface area contributed by atoms with Gasteiger partial charge in [-0.3, -0.25) is 0 Å². The first-order valence-corrected chi connectivity index (χ1v) is 16.6. The van der Waals surface area contributed by atoms with E-state index in [1.54, 1.807) is 0 Å². The van der Waals surface area contributed by atoms with Crippen LogP contribution >= 0.6 is 40.5 Å². The molecule has 0 aliphatic rings. The Labute approximate surface area is 194 Å². The van der Waals surface area contributed by atoms with Gasteiger partial charge in [0.05, 0.1) is 0 Å². The van der Waals surface area contributed by atoms with Crippen LogP contribution in [-0.4, -0.2) is 27.9 Å². The molecule has 0 saturated heterocycles. The van der Waals surface area contributed by atoms with Gasteiger partial charge >= 0.3 is 196 Å². The van der Waals surface area contributed by atoms with Crippen molar-refractivity contribution in [2.24, 2.45) is 0 Å². The fourth-order valence-corrected chi connectivity index (χ4v) is 13.7. The zero-order valence-electron chi connectivity index (χ0n) is 15.1. The molecular weight excluding hydrogens is 720 g/mol. The Morgan fingerprint density at radius 1 is 0.594 bits per heavy atom. The molecule has 178 valence electrons. The van der Waals surface area contributed by atoms with Crippen molar-refractivity contribution in [1.82, 2.24) is 0 Å². The summed E-state index contributed by atoms with van der Waals surface area (Å²) in [5.74, 6) is 0. The van der Waals surface area contributed by atoms with Crippen molar-refractivity contribution in [3.05, 3.63) is 67.8 Å². The van der Waals surface area contributed by atoms with Gasteiger partial charge in [0.25, 0.3) is 0 Å². The summed E-state index contributed by atoms with van der Waals surface area (Å²) in [7, 11) is -12.1. The third-order valence-electron chi connectivity index (χ3n) is 2.93. The predicted octanol–water partition coefficient (Wildman–Crippen LogP) is 5.22. The van der Waals surface area contributed by atoms with Crippen LogP contribution < -0.4 is 0 Å². The van der Waals surface area contributed by atoms with E-state index in [2.05, 4.69) is 12.9 Å². The van der Waals surface area contributed by atoms with E-state index in [1.807, 2.05) is 0 Å². The van der Waals surface area contributed by atoms with Crippen molar-refractivity contribution >= 4 is 60.7 Å². The Morgan fingerprint density at radius 2 is 0.875 bits per heavy atom. The average Bonchev–Trinajstić information content (AvgIpc) is 2.69. The minimum absolute atomic E-state index is 0.0143. The molecule has 0 spiro atoms. The van der Waals surface area contributed by atoms with Crippen LogP contribution in [0.25, 0.3) is 0 Å². The average molecular weight is 730 g/mol. The first-order chi connectivity index (χ1) is 14.6. The van der Waals surface area contributed by atoms with Gasteiger partial charge in [0, 0.05) is 0 Å². The van der Waals surface area contributed by atoms with Gasteiger partial charge in [0.1, 0.15) is 0 Å². The zero-order valence-corrected chi connectivity index (χ0v) is 21.0. The second kappa shape index (κ2) is 10.4. The topological polar surface area (TPSA) is 86.7 Å². The van der Waals surface area contributed by atoms with E-state index in [1.165, 1.54) is 60.7 Å². The minimum atomic E-state index is -6.07. The van der Waals surface area contributed by atoms with E-state index in [-0.39, 0.29) is 7.14 Å². The number of benzene rings is 2. The summed E-state index contributed by atoms with van der Waals surface area (Å²) in [6.45, 7) is 0. The SMILES string of the molecule is O=S(=O)(OI(C#CI(OS(=O)(=O)C(F)(F)F)c1ccccc1)c1ccccc1)C(F)(F)F.